The molecule has 0 atom stereocenters. The summed E-state index contributed by atoms with van der Waals surface area (Å²) in [6.45, 7) is 5.06. The second-order valence-electron chi connectivity index (χ2n) is 3.56. The van der Waals surface area contributed by atoms with E-state index in [4.69, 9.17) is 25.8 Å². The summed E-state index contributed by atoms with van der Waals surface area (Å²) in [6, 6.07) is 5.76. The second-order valence-corrected chi connectivity index (χ2v) is 3.83. The van der Waals surface area contributed by atoms with Gasteiger partial charge in [0.1, 0.15) is 0 Å². The summed E-state index contributed by atoms with van der Waals surface area (Å²) in [5, 5.41) is 0. The summed E-state index contributed by atoms with van der Waals surface area (Å²) in [5.41, 5.74) is 1.93. The molecule has 0 aliphatic carbocycles. The lowest BCUT2D eigenvalue weighted by Crippen LogP contribution is -1.98. The zero-order chi connectivity index (χ0) is 11.4. The Morgan fingerprint density at radius 2 is 2.19 bits per heavy atom. The molecule has 0 spiro atoms. The fourth-order valence-electron chi connectivity index (χ4n) is 1.38. The maximum atomic E-state index is 5.59. The van der Waals surface area contributed by atoms with E-state index < -0.39 is 0 Å². The lowest BCUT2D eigenvalue weighted by Gasteiger charge is -2.05. The van der Waals surface area contributed by atoms with E-state index in [2.05, 4.69) is 6.58 Å². The molecule has 0 N–H and O–H groups in total. The van der Waals surface area contributed by atoms with Gasteiger partial charge in [-0.3, -0.25) is 0 Å². The average Bonchev–Trinajstić information content (AvgIpc) is 2.76. The van der Waals surface area contributed by atoms with Gasteiger partial charge in [0.25, 0.3) is 0 Å². The Kier molecular flexibility index (Phi) is 3.70. The van der Waals surface area contributed by atoms with Gasteiger partial charge < -0.3 is 14.2 Å². The van der Waals surface area contributed by atoms with Crippen molar-refractivity contribution in [3.05, 3.63) is 35.9 Å². The zero-order valence-electron chi connectivity index (χ0n) is 8.87. The van der Waals surface area contributed by atoms with Gasteiger partial charge in [0, 0.05) is 5.88 Å². The number of fused-ring (bicyclic) bond motifs is 1. The smallest absolute Gasteiger partial charge is 0.231 e. The first-order valence-corrected chi connectivity index (χ1v) is 5.52. The Bertz CT molecular complexity index is 390. The van der Waals surface area contributed by atoms with Crippen molar-refractivity contribution < 1.29 is 14.2 Å². The minimum absolute atomic E-state index is 0.294. The number of rotatable bonds is 5. The molecule has 4 heteroatoms. The second kappa shape index (κ2) is 5.23. The number of halogens is 1. The van der Waals surface area contributed by atoms with E-state index in [0.29, 0.717) is 25.9 Å². The highest BCUT2D eigenvalue weighted by molar-refractivity contribution is 6.19. The van der Waals surface area contributed by atoms with Gasteiger partial charge in [-0.2, -0.15) is 0 Å². The fraction of sp³-hybridized carbons (Fsp3) is 0.333. The van der Waals surface area contributed by atoms with Crippen molar-refractivity contribution >= 4 is 11.6 Å². The summed E-state index contributed by atoms with van der Waals surface area (Å²) < 4.78 is 15.9. The highest BCUT2D eigenvalue weighted by Gasteiger charge is 2.12. The van der Waals surface area contributed by atoms with E-state index in [9.17, 15) is 0 Å². The van der Waals surface area contributed by atoms with Gasteiger partial charge in [-0.05, 0) is 23.3 Å². The first-order valence-electron chi connectivity index (χ1n) is 4.98. The zero-order valence-corrected chi connectivity index (χ0v) is 9.63. The predicted molar refractivity (Wildman–Crippen MR) is 62.1 cm³/mol. The van der Waals surface area contributed by atoms with Crippen LogP contribution in [0.25, 0.3) is 0 Å². The molecule has 86 valence electrons. The van der Waals surface area contributed by atoms with E-state index in [-0.39, 0.29) is 0 Å². The van der Waals surface area contributed by atoms with Crippen LogP contribution in [0.15, 0.2) is 30.4 Å². The van der Waals surface area contributed by atoms with Crippen molar-refractivity contribution in [2.24, 2.45) is 0 Å². The summed E-state index contributed by atoms with van der Waals surface area (Å²) in [4.78, 5) is 0. The van der Waals surface area contributed by atoms with E-state index in [1.54, 1.807) is 0 Å². The third-order valence-electron chi connectivity index (χ3n) is 2.20. The average molecular weight is 241 g/mol. The van der Waals surface area contributed by atoms with Gasteiger partial charge >= 0.3 is 0 Å². The van der Waals surface area contributed by atoms with Gasteiger partial charge in [0.15, 0.2) is 11.5 Å². The predicted octanol–water partition coefficient (Wildman–Crippen LogP) is 2.73. The molecule has 1 heterocycles. The van der Waals surface area contributed by atoms with Crippen LogP contribution >= 0.6 is 11.6 Å². The lowest BCUT2D eigenvalue weighted by molar-refractivity contribution is 0.142. The number of benzene rings is 1. The first-order chi connectivity index (χ1) is 7.79. The van der Waals surface area contributed by atoms with Gasteiger partial charge in [0.05, 0.1) is 13.2 Å². The number of hydrogen-bond acceptors (Lipinski definition) is 3. The van der Waals surface area contributed by atoms with E-state index in [1.165, 1.54) is 0 Å². The van der Waals surface area contributed by atoms with Crippen molar-refractivity contribution in [2.45, 2.75) is 6.61 Å². The van der Waals surface area contributed by atoms with Crippen molar-refractivity contribution in [3.8, 4) is 11.5 Å². The summed E-state index contributed by atoms with van der Waals surface area (Å²) >= 11 is 5.59. The van der Waals surface area contributed by atoms with Crippen LogP contribution in [0.1, 0.15) is 5.56 Å². The third-order valence-corrected chi connectivity index (χ3v) is 2.58. The summed E-state index contributed by atoms with van der Waals surface area (Å²) in [5.74, 6) is 1.99. The number of alkyl halides is 1. The van der Waals surface area contributed by atoms with Gasteiger partial charge in [0.2, 0.25) is 6.79 Å². The molecule has 3 nitrogen and oxygen atoms in total. The molecular weight excluding hydrogens is 228 g/mol. The highest BCUT2D eigenvalue weighted by Crippen LogP contribution is 2.32. The lowest BCUT2D eigenvalue weighted by atomic mass is 10.2. The maximum absolute atomic E-state index is 5.59. The van der Waals surface area contributed by atoms with Crippen LogP contribution in [0, 0.1) is 0 Å². The quantitative estimate of drug-likeness (QED) is 0.585. The van der Waals surface area contributed by atoms with E-state index in [0.717, 1.165) is 22.6 Å². The Morgan fingerprint density at radius 3 is 3.00 bits per heavy atom. The minimum Gasteiger partial charge on any atom is -0.454 e. The Hall–Kier alpha value is -1.19. The standard InChI is InChI=1S/C12H13ClO3/c1-9(5-13)6-14-7-10-2-3-11-12(4-10)16-8-15-11/h2-4H,1,5-8H2. The largest absolute Gasteiger partial charge is 0.454 e. The van der Waals surface area contributed by atoms with Crippen molar-refractivity contribution in [1.82, 2.24) is 0 Å². The topological polar surface area (TPSA) is 27.7 Å². The van der Waals surface area contributed by atoms with Gasteiger partial charge in [-0.15, -0.1) is 11.6 Å². The van der Waals surface area contributed by atoms with Crippen LogP contribution in [0.2, 0.25) is 0 Å². The van der Waals surface area contributed by atoms with Crippen LogP contribution in [-0.2, 0) is 11.3 Å². The van der Waals surface area contributed by atoms with Gasteiger partial charge in [-0.1, -0.05) is 12.6 Å². The molecule has 0 fully saturated rings. The van der Waals surface area contributed by atoms with E-state index >= 15 is 0 Å². The SMILES string of the molecule is C=C(CCl)COCc1ccc2c(c1)OCO2. The van der Waals surface area contributed by atoms with Crippen molar-refractivity contribution in [1.29, 1.82) is 0 Å². The molecule has 0 unspecified atom stereocenters. The molecule has 0 radical (unpaired) electrons. The Balaban J connectivity index is 1.88. The van der Waals surface area contributed by atoms with Crippen LogP contribution in [0.3, 0.4) is 0 Å². The molecule has 0 bridgehead atoms. The molecular formula is C12H13ClO3. The molecule has 1 aromatic carbocycles. The minimum atomic E-state index is 0.294. The normalized spacial score (nSPS) is 12.8. The monoisotopic (exact) mass is 240 g/mol. The Morgan fingerprint density at radius 1 is 1.38 bits per heavy atom. The van der Waals surface area contributed by atoms with Crippen molar-refractivity contribution in [3.63, 3.8) is 0 Å². The van der Waals surface area contributed by atoms with Crippen LogP contribution in [-0.4, -0.2) is 19.3 Å². The van der Waals surface area contributed by atoms with Crippen LogP contribution < -0.4 is 9.47 Å². The number of hydrogen-bond donors (Lipinski definition) is 0. The van der Waals surface area contributed by atoms with E-state index in [1.807, 2.05) is 18.2 Å². The highest BCUT2D eigenvalue weighted by atomic mass is 35.5. The van der Waals surface area contributed by atoms with Crippen molar-refractivity contribution in [2.75, 3.05) is 19.3 Å². The summed E-state index contributed by atoms with van der Waals surface area (Å²) in [6.07, 6.45) is 0. The molecule has 1 aromatic rings. The molecule has 0 saturated carbocycles. The first kappa shape index (κ1) is 11.3. The molecule has 0 saturated heterocycles. The Labute approximate surface area is 99.6 Å². The molecule has 0 aromatic heterocycles. The molecule has 0 amide bonds. The molecule has 2 rings (SSSR count). The molecule has 1 aliphatic rings. The van der Waals surface area contributed by atoms with Gasteiger partial charge in [-0.25, -0.2) is 0 Å². The van der Waals surface area contributed by atoms with Crippen LogP contribution in [0.4, 0.5) is 0 Å². The molecule has 16 heavy (non-hydrogen) atoms. The fourth-order valence-corrected chi connectivity index (χ4v) is 1.46. The van der Waals surface area contributed by atoms with Crippen LogP contribution in [0.5, 0.6) is 11.5 Å². The number of ether oxygens (including phenoxy) is 3. The third kappa shape index (κ3) is 2.68. The maximum Gasteiger partial charge on any atom is 0.231 e. The summed E-state index contributed by atoms with van der Waals surface area (Å²) in [7, 11) is 0. The molecule has 1 aliphatic heterocycles.